The van der Waals surface area contributed by atoms with Crippen LogP contribution in [-0.2, 0) is 13.1 Å². The third-order valence-electron chi connectivity index (χ3n) is 3.80. The first-order chi connectivity index (χ1) is 10.6. The highest BCUT2D eigenvalue weighted by Crippen LogP contribution is 2.23. The number of nitrogens with one attached hydrogen (secondary N) is 1. The molecule has 0 amide bonds. The van der Waals surface area contributed by atoms with E-state index in [0.717, 1.165) is 35.8 Å². The quantitative estimate of drug-likeness (QED) is 0.854. The molecule has 2 rings (SSSR count). The van der Waals surface area contributed by atoms with Crippen LogP contribution in [0.25, 0.3) is 0 Å². The first-order valence-corrected chi connectivity index (χ1v) is 7.56. The fraction of sp³-hybridized carbons (Fsp3) is 0.471. The van der Waals surface area contributed by atoms with E-state index in [9.17, 15) is 0 Å². The Balaban J connectivity index is 2.07. The van der Waals surface area contributed by atoms with Crippen molar-refractivity contribution in [3.63, 3.8) is 0 Å². The molecule has 120 valence electrons. The summed E-state index contributed by atoms with van der Waals surface area (Å²) in [5.41, 5.74) is 3.44. The summed E-state index contributed by atoms with van der Waals surface area (Å²) in [6.07, 6.45) is 2.11. The van der Waals surface area contributed by atoms with Crippen molar-refractivity contribution in [2.75, 3.05) is 14.2 Å². The van der Waals surface area contributed by atoms with E-state index in [1.54, 1.807) is 14.2 Å². The van der Waals surface area contributed by atoms with Gasteiger partial charge in [-0.3, -0.25) is 4.68 Å². The predicted octanol–water partition coefficient (Wildman–Crippen LogP) is 3.08. The van der Waals surface area contributed by atoms with Gasteiger partial charge in [0.05, 0.1) is 19.9 Å². The van der Waals surface area contributed by atoms with Crippen LogP contribution in [0.4, 0.5) is 0 Å². The number of hydrogen-bond donors (Lipinski definition) is 1. The molecule has 1 unspecified atom stereocenters. The fourth-order valence-electron chi connectivity index (χ4n) is 2.47. The lowest BCUT2D eigenvalue weighted by Crippen LogP contribution is -2.18. The maximum Gasteiger partial charge on any atom is 0.122 e. The minimum Gasteiger partial charge on any atom is -0.497 e. The fourth-order valence-corrected chi connectivity index (χ4v) is 2.47. The second kappa shape index (κ2) is 7.31. The summed E-state index contributed by atoms with van der Waals surface area (Å²) in [6, 6.07) is 6.15. The minimum absolute atomic E-state index is 0.234. The van der Waals surface area contributed by atoms with Gasteiger partial charge < -0.3 is 14.8 Å². The van der Waals surface area contributed by atoms with Crippen LogP contribution in [-0.4, -0.2) is 24.0 Å². The smallest absolute Gasteiger partial charge is 0.122 e. The van der Waals surface area contributed by atoms with E-state index in [1.807, 2.05) is 29.8 Å². The average molecular weight is 303 g/mol. The van der Waals surface area contributed by atoms with Gasteiger partial charge in [-0.25, -0.2) is 0 Å². The molecule has 1 heterocycles. The number of aromatic nitrogens is 2. The monoisotopic (exact) mass is 303 g/mol. The van der Waals surface area contributed by atoms with E-state index >= 15 is 0 Å². The van der Waals surface area contributed by atoms with Gasteiger partial charge in [0.1, 0.15) is 11.5 Å². The zero-order valence-electron chi connectivity index (χ0n) is 14.0. The molecule has 2 aromatic rings. The van der Waals surface area contributed by atoms with Crippen molar-refractivity contribution in [1.29, 1.82) is 0 Å². The number of benzene rings is 1. The Hall–Kier alpha value is -2.01. The molecule has 0 fully saturated rings. The van der Waals surface area contributed by atoms with Gasteiger partial charge in [0.2, 0.25) is 0 Å². The second-order valence-electron chi connectivity index (χ2n) is 5.35. The number of ether oxygens (including phenoxy) is 2. The first-order valence-electron chi connectivity index (χ1n) is 7.56. The van der Waals surface area contributed by atoms with Gasteiger partial charge in [-0.1, -0.05) is 0 Å². The van der Waals surface area contributed by atoms with Crippen LogP contribution in [0.15, 0.2) is 24.4 Å². The average Bonchev–Trinajstić information content (AvgIpc) is 2.93. The van der Waals surface area contributed by atoms with Crippen molar-refractivity contribution in [2.45, 2.75) is 39.9 Å². The van der Waals surface area contributed by atoms with E-state index in [0.29, 0.717) is 0 Å². The van der Waals surface area contributed by atoms with Crippen LogP contribution in [0, 0.1) is 6.92 Å². The first kappa shape index (κ1) is 16.4. The highest BCUT2D eigenvalue weighted by molar-refractivity contribution is 5.38. The van der Waals surface area contributed by atoms with Gasteiger partial charge in [-0.15, -0.1) is 0 Å². The Morgan fingerprint density at radius 2 is 1.82 bits per heavy atom. The molecule has 0 bridgehead atoms. The zero-order valence-corrected chi connectivity index (χ0v) is 14.0. The van der Waals surface area contributed by atoms with Crippen LogP contribution in [0.5, 0.6) is 11.5 Å². The van der Waals surface area contributed by atoms with E-state index in [-0.39, 0.29) is 6.04 Å². The Bertz CT molecular complexity index is 600. The van der Waals surface area contributed by atoms with Gasteiger partial charge in [0.25, 0.3) is 0 Å². The minimum atomic E-state index is 0.234. The summed E-state index contributed by atoms with van der Waals surface area (Å²) in [7, 11) is 3.33. The molecular formula is C17H25N3O2. The topological polar surface area (TPSA) is 48.3 Å². The van der Waals surface area contributed by atoms with E-state index in [2.05, 4.69) is 30.5 Å². The van der Waals surface area contributed by atoms with E-state index in [1.165, 1.54) is 5.56 Å². The standard InChI is InChI=1S/C17H25N3O2/c1-6-20-11-17(13(3)19-20)12(2)18-10-14-7-15(21-4)9-16(8-14)22-5/h7-9,11-12,18H,6,10H2,1-5H3. The van der Waals surface area contributed by atoms with Crippen molar-refractivity contribution in [3.05, 3.63) is 41.2 Å². The summed E-state index contributed by atoms with van der Waals surface area (Å²) in [5.74, 6) is 1.61. The van der Waals surface area contributed by atoms with Crippen molar-refractivity contribution in [1.82, 2.24) is 15.1 Å². The Morgan fingerprint density at radius 3 is 2.32 bits per heavy atom. The van der Waals surface area contributed by atoms with Crippen molar-refractivity contribution in [3.8, 4) is 11.5 Å². The molecule has 5 nitrogen and oxygen atoms in total. The maximum atomic E-state index is 5.30. The van der Waals surface area contributed by atoms with Crippen LogP contribution in [0.3, 0.4) is 0 Å². The lowest BCUT2D eigenvalue weighted by Gasteiger charge is -2.14. The zero-order chi connectivity index (χ0) is 16.1. The summed E-state index contributed by atoms with van der Waals surface area (Å²) < 4.78 is 12.6. The van der Waals surface area contributed by atoms with Crippen LogP contribution >= 0.6 is 0 Å². The summed E-state index contributed by atoms with van der Waals surface area (Å²) in [5, 5.41) is 8.03. The Morgan fingerprint density at radius 1 is 1.18 bits per heavy atom. The normalized spacial score (nSPS) is 12.2. The molecule has 0 aliphatic rings. The molecular weight excluding hydrogens is 278 g/mol. The molecule has 0 saturated carbocycles. The molecule has 0 saturated heterocycles. The lowest BCUT2D eigenvalue weighted by molar-refractivity contribution is 0.392. The van der Waals surface area contributed by atoms with Crippen LogP contribution in [0.2, 0.25) is 0 Å². The van der Waals surface area contributed by atoms with Crippen molar-refractivity contribution < 1.29 is 9.47 Å². The van der Waals surface area contributed by atoms with Crippen LogP contribution in [0.1, 0.15) is 36.7 Å². The number of hydrogen-bond acceptors (Lipinski definition) is 4. The van der Waals surface area contributed by atoms with E-state index in [4.69, 9.17) is 9.47 Å². The Kier molecular flexibility index (Phi) is 5.44. The molecule has 0 radical (unpaired) electrons. The summed E-state index contributed by atoms with van der Waals surface area (Å²) in [4.78, 5) is 0. The molecule has 0 aliphatic heterocycles. The molecule has 1 N–H and O–H groups in total. The van der Waals surface area contributed by atoms with Gasteiger partial charge in [-0.2, -0.15) is 5.10 Å². The maximum absolute atomic E-state index is 5.30. The molecule has 22 heavy (non-hydrogen) atoms. The Labute approximate surface area is 132 Å². The molecule has 1 aromatic heterocycles. The van der Waals surface area contributed by atoms with Gasteiger partial charge >= 0.3 is 0 Å². The van der Waals surface area contributed by atoms with Gasteiger partial charge in [0, 0.05) is 37.0 Å². The van der Waals surface area contributed by atoms with Crippen LogP contribution < -0.4 is 14.8 Å². The molecule has 0 spiro atoms. The highest BCUT2D eigenvalue weighted by Gasteiger charge is 2.12. The molecule has 1 atom stereocenters. The van der Waals surface area contributed by atoms with E-state index < -0.39 is 0 Å². The molecule has 5 heteroatoms. The lowest BCUT2D eigenvalue weighted by atomic mass is 10.1. The van der Waals surface area contributed by atoms with Crippen molar-refractivity contribution in [2.24, 2.45) is 0 Å². The van der Waals surface area contributed by atoms with Crippen molar-refractivity contribution >= 4 is 0 Å². The number of nitrogens with zero attached hydrogens (tertiary/aromatic N) is 2. The summed E-state index contributed by atoms with van der Waals surface area (Å²) in [6.45, 7) is 7.93. The molecule has 0 aliphatic carbocycles. The summed E-state index contributed by atoms with van der Waals surface area (Å²) >= 11 is 0. The third-order valence-corrected chi connectivity index (χ3v) is 3.80. The number of methoxy groups -OCH3 is 2. The third kappa shape index (κ3) is 3.80. The SMILES string of the molecule is CCn1cc(C(C)NCc2cc(OC)cc(OC)c2)c(C)n1. The molecule has 1 aromatic carbocycles. The van der Waals surface area contributed by atoms with Gasteiger partial charge in [0.15, 0.2) is 0 Å². The largest absolute Gasteiger partial charge is 0.497 e. The highest BCUT2D eigenvalue weighted by atomic mass is 16.5. The number of aryl methyl sites for hydroxylation is 2. The van der Waals surface area contributed by atoms with Gasteiger partial charge in [-0.05, 0) is 38.5 Å². The second-order valence-corrected chi connectivity index (χ2v) is 5.35. The number of rotatable bonds is 7. The predicted molar refractivity (Wildman–Crippen MR) is 87.4 cm³/mol.